The smallest absolute Gasteiger partial charge is 0.251 e. The molecule has 0 amide bonds. The van der Waals surface area contributed by atoms with Gasteiger partial charge < -0.3 is 4.74 Å². The van der Waals surface area contributed by atoms with E-state index in [0.717, 1.165) is 28.0 Å². The van der Waals surface area contributed by atoms with Crippen LogP contribution < -0.4 is 4.74 Å². The number of nitrogens with zero attached hydrogens (tertiary/aromatic N) is 2. The highest BCUT2D eigenvalue weighted by Gasteiger charge is 2.43. The zero-order chi connectivity index (χ0) is 23.1. The van der Waals surface area contributed by atoms with Crippen LogP contribution in [0.3, 0.4) is 0 Å². The molecule has 0 saturated carbocycles. The van der Waals surface area contributed by atoms with Crippen molar-refractivity contribution >= 4 is 23.1 Å². The Morgan fingerprint density at radius 3 is 2.18 bits per heavy atom. The highest BCUT2D eigenvalue weighted by Crippen LogP contribution is 2.44. The summed E-state index contributed by atoms with van der Waals surface area (Å²) in [7, 11) is 0. The Morgan fingerprint density at radius 2 is 1.47 bits per heavy atom. The van der Waals surface area contributed by atoms with E-state index in [1.807, 2.05) is 84.9 Å². The molecule has 2 atom stereocenters. The number of hydrazone groups is 1. The Hall–Kier alpha value is -3.89. The molecule has 0 aliphatic carbocycles. The lowest BCUT2D eigenvalue weighted by atomic mass is 9.95. The van der Waals surface area contributed by atoms with E-state index in [-0.39, 0.29) is 11.8 Å². The normalized spacial score (nSPS) is 18.5. The van der Waals surface area contributed by atoms with Gasteiger partial charge >= 0.3 is 0 Å². The number of halogens is 1. The average molecular weight is 465 g/mol. The lowest BCUT2D eigenvalue weighted by Crippen LogP contribution is -2.45. The molecule has 5 heteroatoms. The van der Waals surface area contributed by atoms with Gasteiger partial charge in [-0.05, 0) is 34.9 Å². The fourth-order valence-electron chi connectivity index (χ4n) is 4.64. The Morgan fingerprint density at radius 1 is 0.824 bits per heavy atom. The van der Waals surface area contributed by atoms with Crippen molar-refractivity contribution in [2.24, 2.45) is 5.10 Å². The van der Waals surface area contributed by atoms with E-state index in [1.165, 1.54) is 0 Å². The molecule has 2 heterocycles. The molecule has 0 N–H and O–H groups in total. The topological polar surface area (TPSA) is 41.9 Å². The standard InChI is InChI=1S/C29H21ClN2O2/c30-23-15-16-27-24(17-23)26-18-25(21-9-5-2-6-10-21)31-32(26)29(34-27)28(33)22-13-11-20(12-14-22)19-7-3-1-4-8-19/h1-17,26,29H,18H2/t26-,29+/m0/s1. The van der Waals surface area contributed by atoms with Gasteiger partial charge in [0.2, 0.25) is 5.78 Å². The third-order valence-electron chi connectivity index (χ3n) is 6.36. The van der Waals surface area contributed by atoms with Crippen LogP contribution in [0.2, 0.25) is 5.02 Å². The quantitative estimate of drug-likeness (QED) is 0.313. The maximum Gasteiger partial charge on any atom is 0.251 e. The number of carbonyl (C=O) groups excluding carboxylic acids is 1. The monoisotopic (exact) mass is 464 g/mol. The van der Waals surface area contributed by atoms with Crippen LogP contribution in [0.5, 0.6) is 5.75 Å². The first kappa shape index (κ1) is 20.7. The van der Waals surface area contributed by atoms with Gasteiger partial charge in [0.1, 0.15) is 5.75 Å². The summed E-state index contributed by atoms with van der Waals surface area (Å²) in [6, 6.07) is 33.2. The molecule has 2 aliphatic heterocycles. The summed E-state index contributed by atoms with van der Waals surface area (Å²) in [5.74, 6) is 0.553. The molecule has 166 valence electrons. The van der Waals surface area contributed by atoms with E-state index in [9.17, 15) is 4.79 Å². The Balaban J connectivity index is 1.36. The van der Waals surface area contributed by atoms with Crippen molar-refractivity contribution < 1.29 is 9.53 Å². The average Bonchev–Trinajstić information content (AvgIpc) is 3.35. The molecule has 34 heavy (non-hydrogen) atoms. The lowest BCUT2D eigenvalue weighted by Gasteiger charge is -2.37. The summed E-state index contributed by atoms with van der Waals surface area (Å²) in [5, 5.41) is 7.30. The molecule has 4 aromatic carbocycles. The van der Waals surface area contributed by atoms with Gasteiger partial charge in [-0.2, -0.15) is 5.10 Å². The third kappa shape index (κ3) is 3.66. The van der Waals surface area contributed by atoms with Crippen molar-refractivity contribution in [2.45, 2.75) is 18.7 Å². The highest BCUT2D eigenvalue weighted by molar-refractivity contribution is 6.30. The summed E-state index contributed by atoms with van der Waals surface area (Å²) in [4.78, 5) is 13.6. The summed E-state index contributed by atoms with van der Waals surface area (Å²) >= 11 is 6.30. The number of rotatable bonds is 4. The van der Waals surface area contributed by atoms with Gasteiger partial charge in [-0.25, -0.2) is 5.01 Å². The van der Waals surface area contributed by atoms with Crippen molar-refractivity contribution in [2.75, 3.05) is 0 Å². The van der Waals surface area contributed by atoms with Crippen molar-refractivity contribution in [1.82, 2.24) is 5.01 Å². The number of hydrogen-bond donors (Lipinski definition) is 0. The summed E-state index contributed by atoms with van der Waals surface area (Å²) in [6.07, 6.45) is -0.167. The number of Topliss-reactive ketones (excluding diaryl/α,β-unsaturated/α-hetero) is 1. The molecule has 0 radical (unpaired) electrons. The van der Waals surface area contributed by atoms with Gasteiger partial charge in [0, 0.05) is 22.6 Å². The second kappa shape index (κ2) is 8.47. The largest absolute Gasteiger partial charge is 0.461 e. The number of ether oxygens (including phenoxy) is 1. The fraction of sp³-hybridized carbons (Fsp3) is 0.103. The summed E-state index contributed by atoms with van der Waals surface area (Å²) in [6.45, 7) is 0. The molecule has 4 nitrogen and oxygen atoms in total. The van der Waals surface area contributed by atoms with E-state index < -0.39 is 6.23 Å². The van der Waals surface area contributed by atoms with Crippen LogP contribution in [0.1, 0.15) is 33.9 Å². The van der Waals surface area contributed by atoms with E-state index in [1.54, 1.807) is 11.1 Å². The molecule has 0 spiro atoms. The minimum atomic E-state index is -0.845. The molecular weight excluding hydrogens is 444 g/mol. The first-order chi connectivity index (χ1) is 16.7. The third-order valence-corrected chi connectivity index (χ3v) is 6.59. The van der Waals surface area contributed by atoms with Gasteiger partial charge in [0.25, 0.3) is 6.23 Å². The second-order valence-corrected chi connectivity index (χ2v) is 8.91. The van der Waals surface area contributed by atoms with Crippen molar-refractivity contribution in [3.63, 3.8) is 0 Å². The number of benzene rings is 4. The van der Waals surface area contributed by atoms with Crippen LogP contribution in [-0.2, 0) is 0 Å². The molecule has 6 rings (SSSR count). The summed E-state index contributed by atoms with van der Waals surface area (Å²) in [5.41, 5.74) is 5.68. The van der Waals surface area contributed by atoms with Crippen molar-refractivity contribution in [1.29, 1.82) is 0 Å². The first-order valence-corrected chi connectivity index (χ1v) is 11.6. The van der Waals surface area contributed by atoms with Gasteiger partial charge in [0.15, 0.2) is 0 Å². The zero-order valence-corrected chi connectivity index (χ0v) is 19.0. The Bertz CT molecular complexity index is 1390. The predicted octanol–water partition coefficient (Wildman–Crippen LogP) is 6.76. The van der Waals surface area contributed by atoms with Crippen LogP contribution >= 0.6 is 11.6 Å². The van der Waals surface area contributed by atoms with Crippen molar-refractivity contribution in [3.05, 3.63) is 125 Å². The van der Waals surface area contributed by atoms with E-state index in [0.29, 0.717) is 22.8 Å². The molecule has 0 saturated heterocycles. The van der Waals surface area contributed by atoms with Crippen LogP contribution in [0, 0.1) is 0 Å². The van der Waals surface area contributed by atoms with Gasteiger partial charge in [-0.1, -0.05) is 96.5 Å². The van der Waals surface area contributed by atoms with Crippen LogP contribution in [0.25, 0.3) is 11.1 Å². The van der Waals surface area contributed by atoms with Crippen molar-refractivity contribution in [3.8, 4) is 16.9 Å². The minimum Gasteiger partial charge on any atom is -0.461 e. The molecule has 0 bridgehead atoms. The predicted molar refractivity (Wildman–Crippen MR) is 134 cm³/mol. The van der Waals surface area contributed by atoms with Crippen LogP contribution in [0.4, 0.5) is 0 Å². The van der Waals surface area contributed by atoms with Gasteiger partial charge in [-0.15, -0.1) is 0 Å². The number of ketones is 1. The second-order valence-electron chi connectivity index (χ2n) is 8.47. The maximum absolute atomic E-state index is 13.6. The van der Waals surface area contributed by atoms with E-state index in [2.05, 4.69) is 12.1 Å². The lowest BCUT2D eigenvalue weighted by molar-refractivity contribution is -0.00454. The number of hydrogen-bond acceptors (Lipinski definition) is 4. The molecule has 0 aromatic heterocycles. The fourth-order valence-corrected chi connectivity index (χ4v) is 4.82. The van der Waals surface area contributed by atoms with Gasteiger partial charge in [-0.3, -0.25) is 4.79 Å². The number of carbonyl (C=O) groups is 1. The van der Waals surface area contributed by atoms with E-state index >= 15 is 0 Å². The minimum absolute atomic E-state index is 0.116. The molecule has 4 aromatic rings. The SMILES string of the molecule is O=C(c1ccc(-c2ccccc2)cc1)[C@H]1Oc2ccc(Cl)cc2[C@@H]2CC(c3ccccc3)=NN12. The zero-order valence-electron chi connectivity index (χ0n) is 18.3. The highest BCUT2D eigenvalue weighted by atomic mass is 35.5. The first-order valence-electron chi connectivity index (χ1n) is 11.2. The van der Waals surface area contributed by atoms with Crippen LogP contribution in [0.15, 0.2) is 108 Å². The molecular formula is C29H21ClN2O2. The van der Waals surface area contributed by atoms with E-state index in [4.69, 9.17) is 21.4 Å². The maximum atomic E-state index is 13.6. The summed E-state index contributed by atoms with van der Waals surface area (Å²) < 4.78 is 6.23. The Labute approximate surface area is 203 Å². The molecule has 0 fully saturated rings. The molecule has 2 aliphatic rings. The van der Waals surface area contributed by atoms with Crippen LogP contribution in [-0.4, -0.2) is 22.7 Å². The Kier molecular flexibility index (Phi) is 5.16. The molecule has 0 unspecified atom stereocenters. The number of fused-ring (bicyclic) bond motifs is 3. The van der Waals surface area contributed by atoms with Gasteiger partial charge in [0.05, 0.1) is 11.8 Å².